The molecule has 1 unspecified atom stereocenters. The van der Waals surface area contributed by atoms with Crippen LogP contribution in [0.5, 0.6) is 0 Å². The molecule has 3 heterocycles. The van der Waals surface area contributed by atoms with Gasteiger partial charge < -0.3 is 10.2 Å². The molecule has 0 radical (unpaired) electrons. The lowest BCUT2D eigenvalue weighted by Gasteiger charge is -2.42. The van der Waals surface area contributed by atoms with Gasteiger partial charge in [-0.25, -0.2) is 5.01 Å². The van der Waals surface area contributed by atoms with Crippen LogP contribution in [0, 0.1) is 0 Å². The molecule has 9 heteroatoms. The van der Waals surface area contributed by atoms with Crippen molar-refractivity contribution in [3.63, 3.8) is 0 Å². The summed E-state index contributed by atoms with van der Waals surface area (Å²) in [6.45, 7) is 6.24. The average molecular weight is 553 g/mol. The van der Waals surface area contributed by atoms with Crippen molar-refractivity contribution in [2.45, 2.75) is 38.5 Å². The maximum Gasteiger partial charge on any atom is 0.269 e. The molecule has 3 aromatic rings. The van der Waals surface area contributed by atoms with Crippen LogP contribution < -0.4 is 15.5 Å². The lowest BCUT2D eigenvalue weighted by molar-refractivity contribution is -0.142. The summed E-state index contributed by atoms with van der Waals surface area (Å²) < 4.78 is 0. The smallest absolute Gasteiger partial charge is 0.269 e. The topological polar surface area (TPSA) is 88.2 Å². The number of anilines is 2. The first-order valence-corrected chi connectivity index (χ1v) is 14.3. The summed E-state index contributed by atoms with van der Waals surface area (Å²) in [5.41, 5.74) is 6.17. The van der Waals surface area contributed by atoms with Crippen molar-refractivity contribution in [2.75, 3.05) is 43.4 Å². The van der Waals surface area contributed by atoms with Gasteiger partial charge in [0.05, 0.1) is 0 Å². The molecule has 0 aliphatic carbocycles. The minimum atomic E-state index is -0.679. The third-order valence-electron chi connectivity index (χ3n) is 8.28. The molecule has 3 aliphatic rings. The standard InChI is InChI=1S/C32H36N6O3/c1-35-22-27-26(32(41)38(35)29-14-15-30(39)34-31(29)40)8-5-9-28(27)33-20-23-10-12-24(13-11-23)21-36-16-18-37(19-17-36)25-6-3-2-4-7-25/h2-13,29,33H,14-22H2,1H3,(H,34,39,40). The van der Waals surface area contributed by atoms with Gasteiger partial charge >= 0.3 is 0 Å². The monoisotopic (exact) mass is 552 g/mol. The predicted octanol–water partition coefficient (Wildman–Crippen LogP) is 3.23. The van der Waals surface area contributed by atoms with Gasteiger partial charge in [-0.1, -0.05) is 48.5 Å². The molecule has 9 nitrogen and oxygen atoms in total. The van der Waals surface area contributed by atoms with E-state index in [1.807, 2.05) is 25.2 Å². The number of hydrazine groups is 1. The zero-order valence-corrected chi connectivity index (χ0v) is 23.4. The highest BCUT2D eigenvalue weighted by molar-refractivity contribution is 6.04. The van der Waals surface area contributed by atoms with Crippen LogP contribution >= 0.6 is 0 Å². The summed E-state index contributed by atoms with van der Waals surface area (Å²) in [6.07, 6.45) is 0.556. The van der Waals surface area contributed by atoms with Gasteiger partial charge in [0.1, 0.15) is 6.04 Å². The maximum atomic E-state index is 13.5. The SMILES string of the molecule is CN1Cc2c(NCc3ccc(CN4CCN(c5ccccc5)CC4)cc3)cccc2C(=O)N1C1CCC(=O)NC1=O. The number of hydrogen-bond acceptors (Lipinski definition) is 7. The van der Waals surface area contributed by atoms with E-state index in [0.717, 1.165) is 44.0 Å². The minimum absolute atomic E-state index is 0.221. The van der Waals surface area contributed by atoms with Crippen molar-refractivity contribution < 1.29 is 14.4 Å². The Balaban J connectivity index is 1.05. The minimum Gasteiger partial charge on any atom is -0.381 e. The van der Waals surface area contributed by atoms with E-state index in [4.69, 9.17) is 0 Å². The average Bonchev–Trinajstić information content (AvgIpc) is 2.99. The zero-order chi connectivity index (χ0) is 28.3. The van der Waals surface area contributed by atoms with Crippen molar-refractivity contribution in [3.05, 3.63) is 95.1 Å². The molecule has 0 spiro atoms. The quantitative estimate of drug-likeness (QED) is 0.435. The Morgan fingerprint density at radius 2 is 1.59 bits per heavy atom. The molecule has 0 bridgehead atoms. The predicted molar refractivity (Wildman–Crippen MR) is 158 cm³/mol. The lowest BCUT2D eigenvalue weighted by atomic mass is 9.98. The van der Waals surface area contributed by atoms with Crippen LogP contribution in [-0.4, -0.2) is 71.9 Å². The van der Waals surface area contributed by atoms with E-state index in [1.165, 1.54) is 21.8 Å². The van der Waals surface area contributed by atoms with Gasteiger partial charge in [-0.2, -0.15) is 0 Å². The number of imide groups is 1. The Morgan fingerprint density at radius 3 is 2.32 bits per heavy atom. The van der Waals surface area contributed by atoms with Crippen LogP contribution in [0.25, 0.3) is 0 Å². The first-order valence-electron chi connectivity index (χ1n) is 14.3. The maximum absolute atomic E-state index is 13.5. The van der Waals surface area contributed by atoms with Gasteiger partial charge in [0.15, 0.2) is 0 Å². The van der Waals surface area contributed by atoms with Crippen molar-refractivity contribution in [1.29, 1.82) is 0 Å². The second kappa shape index (κ2) is 11.7. The fourth-order valence-corrected chi connectivity index (χ4v) is 6.02. The van der Waals surface area contributed by atoms with Gasteiger partial charge in [0, 0.05) is 81.8 Å². The molecule has 3 aromatic carbocycles. The van der Waals surface area contributed by atoms with E-state index in [9.17, 15) is 14.4 Å². The van der Waals surface area contributed by atoms with E-state index >= 15 is 0 Å². The summed E-state index contributed by atoms with van der Waals surface area (Å²) in [4.78, 5) is 42.5. The summed E-state index contributed by atoms with van der Waals surface area (Å²) in [5.74, 6) is -0.933. The molecular weight excluding hydrogens is 516 g/mol. The number of para-hydroxylation sites is 1. The molecule has 2 N–H and O–H groups in total. The fraction of sp³-hybridized carbons (Fsp3) is 0.344. The third-order valence-corrected chi connectivity index (χ3v) is 8.28. The Labute approximate surface area is 240 Å². The molecule has 6 rings (SSSR count). The van der Waals surface area contributed by atoms with Crippen LogP contribution in [0.3, 0.4) is 0 Å². The highest BCUT2D eigenvalue weighted by Crippen LogP contribution is 2.31. The first kappa shape index (κ1) is 27.0. The second-order valence-electron chi connectivity index (χ2n) is 11.0. The normalized spacial score (nSPS) is 20.1. The van der Waals surface area contributed by atoms with Crippen molar-refractivity contribution >= 4 is 29.1 Å². The van der Waals surface area contributed by atoms with Gasteiger partial charge in [-0.15, -0.1) is 0 Å². The molecule has 41 heavy (non-hydrogen) atoms. The largest absolute Gasteiger partial charge is 0.381 e. The third kappa shape index (κ3) is 5.82. The van der Waals surface area contributed by atoms with Crippen LogP contribution in [0.1, 0.15) is 39.9 Å². The molecular formula is C32H36N6O3. The van der Waals surface area contributed by atoms with Gasteiger partial charge in [0.2, 0.25) is 5.91 Å². The van der Waals surface area contributed by atoms with Crippen molar-refractivity contribution in [3.8, 4) is 0 Å². The van der Waals surface area contributed by atoms with E-state index in [1.54, 1.807) is 5.01 Å². The number of amides is 3. The Hall–Kier alpha value is -4.21. The highest BCUT2D eigenvalue weighted by atomic mass is 16.2. The summed E-state index contributed by atoms with van der Waals surface area (Å²) >= 11 is 0. The van der Waals surface area contributed by atoms with E-state index in [0.29, 0.717) is 25.1 Å². The number of benzene rings is 3. The molecule has 3 aliphatic heterocycles. The van der Waals surface area contributed by atoms with Crippen molar-refractivity contribution in [2.24, 2.45) is 0 Å². The molecule has 1 atom stereocenters. The Kier molecular flexibility index (Phi) is 7.71. The number of piperidine rings is 1. The fourth-order valence-electron chi connectivity index (χ4n) is 6.02. The Bertz CT molecular complexity index is 1420. The van der Waals surface area contributed by atoms with E-state index in [-0.39, 0.29) is 18.2 Å². The zero-order valence-electron chi connectivity index (χ0n) is 23.4. The van der Waals surface area contributed by atoms with Crippen LogP contribution in [0.15, 0.2) is 72.8 Å². The number of piperazine rings is 1. The van der Waals surface area contributed by atoms with Gasteiger partial charge in [-0.3, -0.25) is 29.6 Å². The van der Waals surface area contributed by atoms with E-state index < -0.39 is 11.9 Å². The van der Waals surface area contributed by atoms with Crippen molar-refractivity contribution in [1.82, 2.24) is 20.2 Å². The molecule has 0 saturated carbocycles. The number of carbonyl (C=O) groups is 3. The summed E-state index contributed by atoms with van der Waals surface area (Å²) in [7, 11) is 1.81. The van der Waals surface area contributed by atoms with Crippen LogP contribution in [0.4, 0.5) is 11.4 Å². The molecule has 2 fully saturated rings. The second-order valence-corrected chi connectivity index (χ2v) is 11.0. The van der Waals surface area contributed by atoms with Gasteiger partial charge in [0.25, 0.3) is 11.8 Å². The number of rotatable bonds is 7. The van der Waals surface area contributed by atoms with E-state index in [2.05, 4.69) is 75.0 Å². The van der Waals surface area contributed by atoms with Crippen LogP contribution in [-0.2, 0) is 29.2 Å². The first-order chi connectivity index (χ1) is 20.0. The van der Waals surface area contributed by atoms with Crippen LogP contribution in [0.2, 0.25) is 0 Å². The lowest BCUT2D eigenvalue weighted by Crippen LogP contribution is -2.60. The summed E-state index contributed by atoms with van der Waals surface area (Å²) in [6, 6.07) is 24.3. The number of nitrogens with one attached hydrogen (secondary N) is 2. The molecule has 2 saturated heterocycles. The highest BCUT2D eigenvalue weighted by Gasteiger charge is 2.40. The molecule has 212 valence electrons. The number of carbonyl (C=O) groups excluding carboxylic acids is 3. The number of fused-ring (bicyclic) bond motifs is 1. The number of nitrogens with zero attached hydrogens (tertiary/aromatic N) is 4. The molecule has 0 aromatic heterocycles. The molecule has 3 amide bonds. The Morgan fingerprint density at radius 1 is 0.854 bits per heavy atom. The number of hydrogen-bond donors (Lipinski definition) is 2. The van der Waals surface area contributed by atoms with Gasteiger partial charge in [-0.05, 0) is 41.8 Å². The summed E-state index contributed by atoms with van der Waals surface area (Å²) in [5, 5.41) is 9.16.